The van der Waals surface area contributed by atoms with Gasteiger partial charge in [0.25, 0.3) is 0 Å². The molecule has 2 rings (SSSR count). The Morgan fingerprint density at radius 1 is 1.56 bits per heavy atom. The summed E-state index contributed by atoms with van der Waals surface area (Å²) in [6.07, 6.45) is 2.65. The highest BCUT2D eigenvalue weighted by atomic mass is 32.1. The predicted octanol–water partition coefficient (Wildman–Crippen LogP) is 2.39. The molecule has 2 N–H and O–H groups in total. The summed E-state index contributed by atoms with van der Waals surface area (Å²) >= 11 is 1.68. The van der Waals surface area contributed by atoms with E-state index in [0.29, 0.717) is 0 Å². The molecular formula is C12H21N3S. The maximum absolute atomic E-state index is 5.81. The summed E-state index contributed by atoms with van der Waals surface area (Å²) in [4.78, 5) is 7.07. The van der Waals surface area contributed by atoms with Crippen molar-refractivity contribution in [1.29, 1.82) is 0 Å². The van der Waals surface area contributed by atoms with Gasteiger partial charge in [-0.25, -0.2) is 4.98 Å². The number of piperidine rings is 1. The lowest BCUT2D eigenvalue weighted by atomic mass is 9.99. The molecule has 16 heavy (non-hydrogen) atoms. The molecule has 1 aliphatic rings. The first-order valence-corrected chi connectivity index (χ1v) is 6.95. The van der Waals surface area contributed by atoms with Gasteiger partial charge in [-0.3, -0.25) is 4.90 Å². The van der Waals surface area contributed by atoms with E-state index in [1.807, 2.05) is 6.92 Å². The Morgan fingerprint density at radius 2 is 2.25 bits per heavy atom. The normalized spacial score (nSPS) is 21.2. The van der Waals surface area contributed by atoms with Gasteiger partial charge >= 0.3 is 0 Å². The highest BCUT2D eigenvalue weighted by Gasteiger charge is 2.16. The number of likely N-dealkylation sites (tertiary alicyclic amines) is 1. The molecule has 0 spiro atoms. The number of hydrogen-bond acceptors (Lipinski definition) is 4. The van der Waals surface area contributed by atoms with Crippen LogP contribution in [0.1, 0.15) is 43.4 Å². The topological polar surface area (TPSA) is 42.1 Å². The van der Waals surface area contributed by atoms with Gasteiger partial charge in [0.1, 0.15) is 5.01 Å². The van der Waals surface area contributed by atoms with Crippen LogP contribution in [0.2, 0.25) is 0 Å². The number of nitrogens with zero attached hydrogens (tertiary/aromatic N) is 2. The summed E-state index contributed by atoms with van der Waals surface area (Å²) in [7, 11) is 0. The molecule has 0 amide bonds. The third kappa shape index (κ3) is 3.03. The Kier molecular flexibility index (Phi) is 3.95. The van der Waals surface area contributed by atoms with E-state index in [-0.39, 0.29) is 6.04 Å². The Labute approximate surface area is 102 Å². The van der Waals surface area contributed by atoms with Crippen LogP contribution in [0.15, 0.2) is 5.38 Å². The minimum Gasteiger partial charge on any atom is -0.322 e. The molecule has 90 valence electrons. The minimum absolute atomic E-state index is 0.0696. The lowest BCUT2D eigenvalue weighted by Crippen LogP contribution is -2.32. The van der Waals surface area contributed by atoms with Crippen molar-refractivity contribution in [3.8, 4) is 0 Å². The van der Waals surface area contributed by atoms with Crippen molar-refractivity contribution in [3.05, 3.63) is 16.1 Å². The maximum Gasteiger partial charge on any atom is 0.109 e. The molecule has 0 aliphatic carbocycles. The van der Waals surface area contributed by atoms with Crippen molar-refractivity contribution in [2.24, 2.45) is 11.7 Å². The fraction of sp³-hybridized carbons (Fsp3) is 0.750. The molecule has 1 saturated heterocycles. The summed E-state index contributed by atoms with van der Waals surface area (Å²) in [5.41, 5.74) is 7.00. The lowest BCUT2D eigenvalue weighted by Gasteiger charge is -2.29. The second kappa shape index (κ2) is 5.25. The van der Waals surface area contributed by atoms with Gasteiger partial charge in [-0.2, -0.15) is 0 Å². The van der Waals surface area contributed by atoms with E-state index >= 15 is 0 Å². The molecule has 0 saturated carbocycles. The lowest BCUT2D eigenvalue weighted by molar-refractivity contribution is 0.183. The van der Waals surface area contributed by atoms with Crippen LogP contribution >= 0.6 is 11.3 Å². The monoisotopic (exact) mass is 239 g/mol. The third-order valence-electron chi connectivity index (χ3n) is 3.22. The van der Waals surface area contributed by atoms with E-state index in [0.717, 1.165) is 17.5 Å². The Balaban J connectivity index is 1.88. The van der Waals surface area contributed by atoms with E-state index in [9.17, 15) is 0 Å². The minimum atomic E-state index is 0.0696. The van der Waals surface area contributed by atoms with Crippen LogP contribution in [0, 0.1) is 5.92 Å². The summed E-state index contributed by atoms with van der Waals surface area (Å²) in [5, 5.41) is 3.21. The van der Waals surface area contributed by atoms with E-state index in [1.54, 1.807) is 11.3 Å². The first-order chi connectivity index (χ1) is 7.65. The Hall–Kier alpha value is -0.450. The molecule has 1 fully saturated rings. The second-order valence-corrected chi connectivity index (χ2v) is 5.81. The van der Waals surface area contributed by atoms with Crippen LogP contribution in [-0.4, -0.2) is 23.0 Å². The largest absolute Gasteiger partial charge is 0.322 e. The fourth-order valence-electron chi connectivity index (χ4n) is 2.05. The van der Waals surface area contributed by atoms with Crippen LogP contribution < -0.4 is 5.73 Å². The number of hydrogen-bond donors (Lipinski definition) is 1. The Morgan fingerprint density at radius 3 is 2.81 bits per heavy atom. The summed E-state index contributed by atoms with van der Waals surface area (Å²) < 4.78 is 0. The van der Waals surface area contributed by atoms with Crippen molar-refractivity contribution in [1.82, 2.24) is 9.88 Å². The SMILES string of the molecule is CC1CCN(Cc2csc(C(C)N)n2)CC1. The van der Waals surface area contributed by atoms with Crippen LogP contribution in [0.25, 0.3) is 0 Å². The quantitative estimate of drug-likeness (QED) is 0.880. The van der Waals surface area contributed by atoms with Crippen molar-refractivity contribution in [2.45, 2.75) is 39.3 Å². The molecule has 0 aromatic carbocycles. The molecular weight excluding hydrogens is 218 g/mol. The van der Waals surface area contributed by atoms with Crippen LogP contribution in [0.5, 0.6) is 0 Å². The number of aromatic nitrogens is 1. The molecule has 4 heteroatoms. The molecule has 2 heterocycles. The van der Waals surface area contributed by atoms with E-state index in [4.69, 9.17) is 5.73 Å². The summed E-state index contributed by atoms with van der Waals surface area (Å²) in [6, 6.07) is 0.0696. The predicted molar refractivity (Wildman–Crippen MR) is 68.4 cm³/mol. The highest BCUT2D eigenvalue weighted by molar-refractivity contribution is 7.09. The highest BCUT2D eigenvalue weighted by Crippen LogP contribution is 2.20. The molecule has 1 aromatic heterocycles. The zero-order chi connectivity index (χ0) is 11.5. The van der Waals surface area contributed by atoms with Gasteiger partial charge in [-0.05, 0) is 38.8 Å². The zero-order valence-corrected chi connectivity index (χ0v) is 11.0. The second-order valence-electron chi connectivity index (χ2n) is 4.92. The van der Waals surface area contributed by atoms with Gasteiger partial charge in [-0.15, -0.1) is 11.3 Å². The average molecular weight is 239 g/mol. The zero-order valence-electron chi connectivity index (χ0n) is 10.1. The van der Waals surface area contributed by atoms with E-state index in [1.165, 1.54) is 31.6 Å². The van der Waals surface area contributed by atoms with Gasteiger partial charge in [0.05, 0.1) is 11.7 Å². The first kappa shape index (κ1) is 12.0. The number of nitrogens with two attached hydrogens (primary N) is 1. The van der Waals surface area contributed by atoms with Crippen LogP contribution in [0.3, 0.4) is 0 Å². The molecule has 3 nitrogen and oxygen atoms in total. The maximum atomic E-state index is 5.81. The molecule has 0 bridgehead atoms. The van der Waals surface area contributed by atoms with Gasteiger partial charge < -0.3 is 5.73 Å². The van der Waals surface area contributed by atoms with Gasteiger partial charge in [-0.1, -0.05) is 6.92 Å². The van der Waals surface area contributed by atoms with Gasteiger partial charge in [0.15, 0.2) is 0 Å². The van der Waals surface area contributed by atoms with Crippen molar-refractivity contribution < 1.29 is 0 Å². The van der Waals surface area contributed by atoms with Crippen molar-refractivity contribution >= 4 is 11.3 Å². The molecule has 1 unspecified atom stereocenters. The molecule has 1 aliphatic heterocycles. The first-order valence-electron chi connectivity index (χ1n) is 6.07. The third-order valence-corrected chi connectivity index (χ3v) is 4.32. The smallest absolute Gasteiger partial charge is 0.109 e. The van der Waals surface area contributed by atoms with E-state index in [2.05, 4.69) is 22.2 Å². The standard InChI is InChI=1S/C12H21N3S/c1-9-3-5-15(6-4-9)7-11-8-16-12(14-11)10(2)13/h8-10H,3-7,13H2,1-2H3. The van der Waals surface area contributed by atoms with Crippen molar-refractivity contribution in [2.75, 3.05) is 13.1 Å². The summed E-state index contributed by atoms with van der Waals surface area (Å²) in [6.45, 7) is 7.76. The summed E-state index contributed by atoms with van der Waals surface area (Å²) in [5.74, 6) is 0.895. The van der Waals surface area contributed by atoms with E-state index < -0.39 is 0 Å². The molecule has 0 radical (unpaired) electrons. The van der Waals surface area contributed by atoms with Crippen LogP contribution in [0.4, 0.5) is 0 Å². The number of thiazole rings is 1. The average Bonchev–Trinajstić information content (AvgIpc) is 2.70. The van der Waals surface area contributed by atoms with Gasteiger partial charge in [0.2, 0.25) is 0 Å². The Bertz CT molecular complexity index is 327. The molecule has 1 atom stereocenters. The van der Waals surface area contributed by atoms with Crippen LogP contribution in [-0.2, 0) is 6.54 Å². The number of rotatable bonds is 3. The van der Waals surface area contributed by atoms with Gasteiger partial charge in [0, 0.05) is 11.9 Å². The molecule has 1 aromatic rings. The fourth-order valence-corrected chi connectivity index (χ4v) is 2.82. The van der Waals surface area contributed by atoms with Crippen molar-refractivity contribution in [3.63, 3.8) is 0 Å².